The molecule has 112 valence electrons. The van der Waals surface area contributed by atoms with Crippen molar-refractivity contribution in [3.05, 3.63) is 65.5 Å². The Kier molecular flexibility index (Phi) is 4.90. The van der Waals surface area contributed by atoms with E-state index in [1.54, 1.807) is 18.2 Å². The van der Waals surface area contributed by atoms with Crippen LogP contribution in [0.25, 0.3) is 0 Å². The molecule has 0 spiro atoms. The Balaban J connectivity index is 2.01. The van der Waals surface area contributed by atoms with E-state index in [-0.39, 0.29) is 5.82 Å². The van der Waals surface area contributed by atoms with Gasteiger partial charge in [0, 0.05) is 16.7 Å². The molecule has 6 heteroatoms. The quantitative estimate of drug-likeness (QED) is 0.657. The summed E-state index contributed by atoms with van der Waals surface area (Å²) in [5.41, 5.74) is 5.81. The first-order valence-electron chi connectivity index (χ1n) is 6.18. The highest BCUT2D eigenvalue weighted by molar-refractivity contribution is 7.99. The molecule has 2 rings (SSSR count). The van der Waals surface area contributed by atoms with Crippen LogP contribution in [0.2, 0.25) is 0 Å². The molecule has 1 atom stereocenters. The van der Waals surface area contributed by atoms with Crippen LogP contribution in [-0.2, 0) is 6.18 Å². The van der Waals surface area contributed by atoms with Gasteiger partial charge in [0.2, 0.25) is 0 Å². The number of benzene rings is 2. The summed E-state index contributed by atoms with van der Waals surface area (Å²) in [4.78, 5) is 0.472. The summed E-state index contributed by atoms with van der Waals surface area (Å²) in [7, 11) is 0. The molecule has 0 fully saturated rings. The molecule has 0 aliphatic rings. The van der Waals surface area contributed by atoms with Crippen molar-refractivity contribution in [1.29, 1.82) is 0 Å². The third-order valence-electron chi connectivity index (χ3n) is 2.92. The summed E-state index contributed by atoms with van der Waals surface area (Å²) in [6, 6.07) is 10.6. The van der Waals surface area contributed by atoms with Crippen molar-refractivity contribution in [1.82, 2.24) is 0 Å². The number of thioether (sulfide) groups is 1. The third kappa shape index (κ3) is 4.22. The zero-order valence-electron chi connectivity index (χ0n) is 10.9. The van der Waals surface area contributed by atoms with Crippen molar-refractivity contribution in [2.75, 3.05) is 5.75 Å². The summed E-state index contributed by atoms with van der Waals surface area (Å²) in [6.07, 6.45) is -4.36. The van der Waals surface area contributed by atoms with Crippen LogP contribution in [-0.4, -0.2) is 5.75 Å². The Morgan fingerprint density at radius 2 is 1.62 bits per heavy atom. The smallest absolute Gasteiger partial charge is 0.323 e. The van der Waals surface area contributed by atoms with Gasteiger partial charge in [-0.2, -0.15) is 13.2 Å². The summed E-state index contributed by atoms with van der Waals surface area (Å²) in [5.74, 6) is 0.0499. The maximum atomic E-state index is 13.4. The topological polar surface area (TPSA) is 26.0 Å². The van der Waals surface area contributed by atoms with Crippen molar-refractivity contribution < 1.29 is 17.6 Å². The first kappa shape index (κ1) is 15.9. The summed E-state index contributed by atoms with van der Waals surface area (Å²) >= 11 is 1.24. The first-order valence-corrected chi connectivity index (χ1v) is 7.16. The lowest BCUT2D eigenvalue weighted by molar-refractivity contribution is -0.137. The molecule has 0 radical (unpaired) electrons. The Hall–Kier alpha value is -1.53. The fourth-order valence-corrected chi connectivity index (χ4v) is 2.69. The van der Waals surface area contributed by atoms with E-state index in [1.165, 1.54) is 30.0 Å². The Morgan fingerprint density at radius 1 is 1.00 bits per heavy atom. The number of alkyl halides is 3. The molecule has 21 heavy (non-hydrogen) atoms. The fraction of sp³-hybridized carbons (Fsp3) is 0.200. The minimum atomic E-state index is -4.36. The Labute approximate surface area is 124 Å². The van der Waals surface area contributed by atoms with Gasteiger partial charge in [0.05, 0.1) is 5.56 Å². The largest absolute Gasteiger partial charge is 0.416 e. The summed E-state index contributed by atoms with van der Waals surface area (Å²) < 4.78 is 50.8. The number of rotatable bonds is 4. The van der Waals surface area contributed by atoms with Crippen molar-refractivity contribution in [3.63, 3.8) is 0 Å². The standard InChI is InChI=1S/C15H13F4NS/c16-12-3-1-2-4-14(12)21-9-13(20)10-5-7-11(8-6-10)15(17,18)19/h1-8,13H,9,20H2. The average molecular weight is 315 g/mol. The molecule has 0 aromatic heterocycles. The van der Waals surface area contributed by atoms with Crippen LogP contribution in [0.1, 0.15) is 17.2 Å². The molecule has 0 amide bonds. The molecule has 0 heterocycles. The zero-order valence-corrected chi connectivity index (χ0v) is 11.7. The lowest BCUT2D eigenvalue weighted by atomic mass is 10.1. The number of nitrogens with two attached hydrogens (primary N) is 1. The lowest BCUT2D eigenvalue weighted by Gasteiger charge is -2.13. The Bertz CT molecular complexity index is 595. The van der Waals surface area contributed by atoms with Gasteiger partial charge in [-0.25, -0.2) is 4.39 Å². The molecule has 0 aliphatic heterocycles. The van der Waals surface area contributed by atoms with E-state index in [0.717, 1.165) is 12.1 Å². The SMILES string of the molecule is NC(CSc1ccccc1F)c1ccc(C(F)(F)F)cc1. The highest BCUT2D eigenvalue weighted by Gasteiger charge is 2.30. The van der Waals surface area contributed by atoms with Crippen molar-refractivity contribution in [3.8, 4) is 0 Å². The van der Waals surface area contributed by atoms with Crippen LogP contribution in [0.3, 0.4) is 0 Å². The Morgan fingerprint density at radius 3 is 2.19 bits per heavy atom. The van der Waals surface area contributed by atoms with Crippen LogP contribution in [0.4, 0.5) is 17.6 Å². The highest BCUT2D eigenvalue weighted by atomic mass is 32.2. The van der Waals surface area contributed by atoms with Gasteiger partial charge in [-0.15, -0.1) is 11.8 Å². The van der Waals surface area contributed by atoms with E-state index in [2.05, 4.69) is 0 Å². The van der Waals surface area contributed by atoms with Crippen LogP contribution in [0.15, 0.2) is 53.4 Å². The predicted molar refractivity (Wildman–Crippen MR) is 75.5 cm³/mol. The summed E-state index contributed by atoms with van der Waals surface area (Å²) in [5, 5.41) is 0. The molecule has 0 saturated carbocycles. The van der Waals surface area contributed by atoms with Gasteiger partial charge >= 0.3 is 6.18 Å². The molecule has 2 aromatic carbocycles. The molecule has 1 unspecified atom stereocenters. The maximum absolute atomic E-state index is 13.4. The third-order valence-corrected chi connectivity index (χ3v) is 4.09. The lowest BCUT2D eigenvalue weighted by Crippen LogP contribution is -2.13. The fourth-order valence-electron chi connectivity index (χ4n) is 1.76. The minimum Gasteiger partial charge on any atom is -0.323 e. The van der Waals surface area contributed by atoms with Crippen LogP contribution in [0.5, 0.6) is 0 Å². The van der Waals surface area contributed by atoms with Crippen LogP contribution in [0, 0.1) is 5.82 Å². The van der Waals surface area contributed by atoms with E-state index >= 15 is 0 Å². The van der Waals surface area contributed by atoms with Crippen LogP contribution < -0.4 is 5.73 Å². The van der Waals surface area contributed by atoms with Gasteiger partial charge < -0.3 is 5.73 Å². The molecule has 2 aromatic rings. The number of hydrogen-bond acceptors (Lipinski definition) is 2. The molecule has 0 aliphatic carbocycles. The summed E-state index contributed by atoms with van der Waals surface area (Å²) in [6.45, 7) is 0. The van der Waals surface area contributed by atoms with Gasteiger partial charge in [0.15, 0.2) is 0 Å². The average Bonchev–Trinajstić information content (AvgIpc) is 2.45. The van der Waals surface area contributed by atoms with E-state index in [9.17, 15) is 17.6 Å². The molecule has 2 N–H and O–H groups in total. The van der Waals surface area contributed by atoms with E-state index in [4.69, 9.17) is 5.73 Å². The monoisotopic (exact) mass is 315 g/mol. The maximum Gasteiger partial charge on any atom is 0.416 e. The second-order valence-corrected chi connectivity index (χ2v) is 5.53. The van der Waals surface area contributed by atoms with Crippen molar-refractivity contribution in [2.24, 2.45) is 5.73 Å². The van der Waals surface area contributed by atoms with E-state index in [0.29, 0.717) is 16.2 Å². The van der Waals surface area contributed by atoms with Gasteiger partial charge in [-0.3, -0.25) is 0 Å². The van der Waals surface area contributed by atoms with E-state index < -0.39 is 17.8 Å². The second kappa shape index (κ2) is 6.49. The van der Waals surface area contributed by atoms with Crippen LogP contribution >= 0.6 is 11.8 Å². The van der Waals surface area contributed by atoms with Gasteiger partial charge in [-0.05, 0) is 29.8 Å². The number of hydrogen-bond donors (Lipinski definition) is 1. The zero-order chi connectivity index (χ0) is 15.5. The predicted octanol–water partition coefficient (Wildman–Crippen LogP) is 4.64. The molecule has 0 saturated heterocycles. The molecule has 1 nitrogen and oxygen atoms in total. The van der Waals surface area contributed by atoms with Crippen molar-refractivity contribution in [2.45, 2.75) is 17.1 Å². The normalized spacial score (nSPS) is 13.2. The van der Waals surface area contributed by atoms with Gasteiger partial charge in [0.1, 0.15) is 5.82 Å². The van der Waals surface area contributed by atoms with Gasteiger partial charge in [0.25, 0.3) is 0 Å². The number of halogens is 4. The highest BCUT2D eigenvalue weighted by Crippen LogP contribution is 2.31. The van der Waals surface area contributed by atoms with Gasteiger partial charge in [-0.1, -0.05) is 24.3 Å². The van der Waals surface area contributed by atoms with Crippen molar-refractivity contribution >= 4 is 11.8 Å². The van der Waals surface area contributed by atoms with E-state index in [1.807, 2.05) is 0 Å². The molecular formula is C15H13F4NS. The molecule has 0 bridgehead atoms. The second-order valence-electron chi connectivity index (χ2n) is 4.47. The minimum absolute atomic E-state index is 0.331. The molecular weight excluding hydrogens is 302 g/mol. The first-order chi connectivity index (χ1) is 9.88.